The van der Waals surface area contributed by atoms with Gasteiger partial charge in [0.25, 0.3) is 20.0 Å². The smallest absolute Gasteiger partial charge is 0.280 e. The highest BCUT2D eigenvalue weighted by Crippen LogP contribution is 2.37. The van der Waals surface area contributed by atoms with Crippen LogP contribution in [0.4, 0.5) is 37.7 Å². The zero-order valence-electron chi connectivity index (χ0n) is 17.9. The number of anilines is 2. The highest BCUT2D eigenvalue weighted by molar-refractivity contribution is 7.93. The number of hydrogen-bond donors (Lipinski definition) is 1. The Labute approximate surface area is 202 Å². The highest BCUT2D eigenvalue weighted by Gasteiger charge is 2.35. The number of halogens is 6. The van der Waals surface area contributed by atoms with Crippen molar-refractivity contribution in [1.29, 1.82) is 0 Å². The number of alkyl halides is 6. The highest BCUT2D eigenvalue weighted by atomic mass is 32.2. The normalized spacial score (nSPS) is 14.6. The molecule has 1 N–H and O–H groups in total. The van der Waals surface area contributed by atoms with E-state index in [-0.39, 0.29) is 24.3 Å². The molecule has 1 aliphatic rings. The standard InChI is InChI=1S/C22H16F6N2O4S2/c23-21(24,25)15-3-1-5-18(11-15)35(31,32)29-17-8-7-14-9-10-30(20(14)13-17)36(33,34)19-6-2-4-16(12-19)22(26,27)28/h1-8,11-13,29H,9-10H2. The number of nitrogens with one attached hydrogen (secondary N) is 1. The van der Waals surface area contributed by atoms with Crippen molar-refractivity contribution in [2.45, 2.75) is 28.6 Å². The van der Waals surface area contributed by atoms with Gasteiger partial charge in [0.2, 0.25) is 0 Å². The maximum Gasteiger partial charge on any atom is 0.416 e. The minimum atomic E-state index is -4.77. The summed E-state index contributed by atoms with van der Waals surface area (Å²) >= 11 is 0. The number of nitrogens with zero attached hydrogens (tertiary/aromatic N) is 1. The summed E-state index contributed by atoms with van der Waals surface area (Å²) < 4.78 is 133. The average Bonchev–Trinajstić information content (AvgIpc) is 3.22. The van der Waals surface area contributed by atoms with E-state index in [9.17, 15) is 43.2 Å². The van der Waals surface area contributed by atoms with E-state index in [1.54, 1.807) is 0 Å². The van der Waals surface area contributed by atoms with Gasteiger partial charge in [0, 0.05) is 6.54 Å². The Hall–Kier alpha value is -3.26. The predicted molar refractivity (Wildman–Crippen MR) is 118 cm³/mol. The van der Waals surface area contributed by atoms with E-state index in [4.69, 9.17) is 0 Å². The fourth-order valence-corrected chi connectivity index (χ4v) is 6.31. The lowest BCUT2D eigenvalue weighted by Crippen LogP contribution is -2.29. The van der Waals surface area contributed by atoms with Crippen LogP contribution in [0, 0.1) is 0 Å². The largest absolute Gasteiger partial charge is 0.416 e. The third-order valence-corrected chi connectivity index (χ3v) is 8.60. The molecule has 3 aromatic carbocycles. The fourth-order valence-electron chi connectivity index (χ4n) is 3.68. The van der Waals surface area contributed by atoms with Gasteiger partial charge in [0.05, 0.1) is 32.3 Å². The maximum atomic E-state index is 13.1. The number of rotatable bonds is 5. The van der Waals surface area contributed by atoms with Gasteiger partial charge in [0.1, 0.15) is 0 Å². The molecule has 6 nitrogen and oxygen atoms in total. The quantitative estimate of drug-likeness (QED) is 0.439. The summed E-state index contributed by atoms with van der Waals surface area (Å²) in [6.07, 6.45) is -9.31. The summed E-state index contributed by atoms with van der Waals surface area (Å²) in [5.74, 6) is 0. The van der Waals surface area contributed by atoms with Crippen molar-refractivity contribution in [1.82, 2.24) is 0 Å². The SMILES string of the molecule is O=S(=O)(Nc1ccc2c(c1)N(S(=O)(=O)c1cccc(C(F)(F)F)c1)CC2)c1cccc(C(F)(F)F)c1. The van der Waals surface area contributed by atoms with Crippen LogP contribution >= 0.6 is 0 Å². The predicted octanol–water partition coefficient (Wildman–Crippen LogP) is 5.28. The van der Waals surface area contributed by atoms with Gasteiger partial charge in [-0.3, -0.25) is 9.03 Å². The summed E-state index contributed by atoms with van der Waals surface area (Å²) in [5, 5.41) is 0. The van der Waals surface area contributed by atoms with Crippen LogP contribution in [0.25, 0.3) is 0 Å². The van der Waals surface area contributed by atoms with Crippen molar-refractivity contribution >= 4 is 31.4 Å². The van der Waals surface area contributed by atoms with Crippen LogP contribution in [0.2, 0.25) is 0 Å². The molecule has 0 aromatic heterocycles. The van der Waals surface area contributed by atoms with E-state index in [1.807, 2.05) is 0 Å². The lowest BCUT2D eigenvalue weighted by molar-refractivity contribution is -0.138. The molecule has 0 amide bonds. The van der Waals surface area contributed by atoms with Gasteiger partial charge in [-0.2, -0.15) is 26.3 Å². The van der Waals surface area contributed by atoms with E-state index >= 15 is 0 Å². The van der Waals surface area contributed by atoms with Crippen LogP contribution in [-0.2, 0) is 38.8 Å². The average molecular weight is 551 g/mol. The Morgan fingerprint density at radius 1 is 0.722 bits per heavy atom. The van der Waals surface area contributed by atoms with Gasteiger partial charge in [-0.05, 0) is 60.5 Å². The molecule has 0 aliphatic carbocycles. The lowest BCUT2D eigenvalue weighted by atomic mass is 10.1. The first-order valence-corrected chi connectivity index (χ1v) is 13.0. The Morgan fingerprint density at radius 2 is 1.28 bits per heavy atom. The molecule has 0 fully saturated rings. The van der Waals surface area contributed by atoms with Crippen LogP contribution in [0.5, 0.6) is 0 Å². The van der Waals surface area contributed by atoms with E-state index in [1.165, 1.54) is 18.2 Å². The molecule has 0 atom stereocenters. The van der Waals surface area contributed by atoms with Crippen LogP contribution in [-0.4, -0.2) is 23.4 Å². The number of benzene rings is 3. The molecule has 0 spiro atoms. The van der Waals surface area contributed by atoms with Gasteiger partial charge in [-0.15, -0.1) is 0 Å². The summed E-state index contributed by atoms with van der Waals surface area (Å²) in [4.78, 5) is -1.26. The molecule has 0 unspecified atom stereocenters. The monoisotopic (exact) mass is 550 g/mol. The molecule has 0 radical (unpaired) electrons. The van der Waals surface area contributed by atoms with Crippen LogP contribution < -0.4 is 9.03 Å². The summed E-state index contributed by atoms with van der Waals surface area (Å²) in [7, 11) is -8.92. The van der Waals surface area contributed by atoms with E-state index in [0.717, 1.165) is 34.6 Å². The first-order valence-electron chi connectivity index (χ1n) is 10.1. The van der Waals surface area contributed by atoms with E-state index < -0.39 is 53.3 Å². The van der Waals surface area contributed by atoms with Crippen LogP contribution in [0.3, 0.4) is 0 Å². The van der Waals surface area contributed by atoms with Gasteiger partial charge in [-0.1, -0.05) is 18.2 Å². The molecule has 14 heteroatoms. The van der Waals surface area contributed by atoms with E-state index in [0.29, 0.717) is 23.8 Å². The van der Waals surface area contributed by atoms with Gasteiger partial charge >= 0.3 is 12.4 Å². The summed E-state index contributed by atoms with van der Waals surface area (Å²) in [6.45, 7) is -0.0995. The third-order valence-electron chi connectivity index (χ3n) is 5.41. The second kappa shape index (κ2) is 8.69. The Kier molecular flexibility index (Phi) is 6.23. The molecule has 0 bridgehead atoms. The van der Waals surface area contributed by atoms with Crippen molar-refractivity contribution in [3.63, 3.8) is 0 Å². The Bertz CT molecular complexity index is 1530. The van der Waals surface area contributed by atoms with E-state index in [2.05, 4.69) is 4.72 Å². The summed E-state index contributed by atoms with van der Waals surface area (Å²) in [5.41, 5.74) is -1.93. The molecule has 4 rings (SSSR count). The fraction of sp³-hybridized carbons (Fsp3) is 0.182. The molecular weight excluding hydrogens is 534 g/mol. The molecular formula is C22H16F6N2O4S2. The molecule has 0 saturated carbocycles. The molecule has 3 aromatic rings. The minimum absolute atomic E-state index is 0.0386. The van der Waals surface area contributed by atoms with Crippen molar-refractivity contribution < 1.29 is 43.2 Å². The lowest BCUT2D eigenvalue weighted by Gasteiger charge is -2.21. The molecule has 0 saturated heterocycles. The van der Waals surface area contributed by atoms with Crippen molar-refractivity contribution in [2.24, 2.45) is 0 Å². The Balaban J connectivity index is 1.67. The van der Waals surface area contributed by atoms with Crippen molar-refractivity contribution in [2.75, 3.05) is 15.6 Å². The van der Waals surface area contributed by atoms with Crippen LogP contribution in [0.1, 0.15) is 16.7 Å². The van der Waals surface area contributed by atoms with Gasteiger partial charge in [0.15, 0.2) is 0 Å². The zero-order valence-corrected chi connectivity index (χ0v) is 19.6. The maximum absolute atomic E-state index is 13.1. The first-order chi connectivity index (χ1) is 16.6. The number of hydrogen-bond acceptors (Lipinski definition) is 4. The Morgan fingerprint density at radius 3 is 1.86 bits per heavy atom. The number of fused-ring (bicyclic) bond motifs is 1. The molecule has 36 heavy (non-hydrogen) atoms. The van der Waals surface area contributed by atoms with Crippen molar-refractivity contribution in [3.05, 3.63) is 83.4 Å². The van der Waals surface area contributed by atoms with Crippen molar-refractivity contribution in [3.8, 4) is 0 Å². The molecule has 192 valence electrons. The van der Waals surface area contributed by atoms with Gasteiger partial charge in [-0.25, -0.2) is 16.8 Å². The molecule has 1 heterocycles. The third kappa shape index (κ3) is 5.00. The zero-order chi connectivity index (χ0) is 26.5. The minimum Gasteiger partial charge on any atom is -0.280 e. The van der Waals surface area contributed by atoms with Crippen LogP contribution in [0.15, 0.2) is 76.5 Å². The second-order valence-corrected chi connectivity index (χ2v) is 11.4. The molecule has 1 aliphatic heterocycles. The summed E-state index contributed by atoms with van der Waals surface area (Å²) in [6, 6.07) is 10.2. The number of sulfonamides is 2. The first kappa shape index (κ1) is 25.8. The topological polar surface area (TPSA) is 83.6 Å². The second-order valence-electron chi connectivity index (χ2n) is 7.83. The van der Waals surface area contributed by atoms with Gasteiger partial charge < -0.3 is 0 Å².